The molecule has 1 aromatic carbocycles. The second-order valence-electron chi connectivity index (χ2n) is 7.85. The molecule has 28 heavy (non-hydrogen) atoms. The average molecular weight is 377 g/mol. The Morgan fingerprint density at radius 1 is 0.929 bits per heavy atom. The van der Waals surface area contributed by atoms with Crippen LogP contribution in [0.25, 0.3) is 11.3 Å². The van der Waals surface area contributed by atoms with Crippen LogP contribution in [0.4, 0.5) is 0 Å². The van der Waals surface area contributed by atoms with Gasteiger partial charge < -0.3 is 10.2 Å². The number of nitrogens with one attached hydrogen (secondary N) is 1. The van der Waals surface area contributed by atoms with Crippen molar-refractivity contribution in [3.05, 3.63) is 54.2 Å². The van der Waals surface area contributed by atoms with Crippen LogP contribution in [0.15, 0.2) is 48.7 Å². The molecule has 2 heterocycles. The SMILES string of the molecule is O=C(NC1CCN(C(=O)C2CCCC2)CC1)c1ccc(-c2ccccn2)cc1. The van der Waals surface area contributed by atoms with Gasteiger partial charge >= 0.3 is 0 Å². The summed E-state index contributed by atoms with van der Waals surface area (Å²) in [4.78, 5) is 31.4. The molecule has 4 rings (SSSR count). The van der Waals surface area contributed by atoms with Gasteiger partial charge in [-0.15, -0.1) is 0 Å². The summed E-state index contributed by atoms with van der Waals surface area (Å²) in [5.41, 5.74) is 2.55. The second kappa shape index (κ2) is 8.55. The minimum atomic E-state index is -0.0480. The Bertz CT molecular complexity index is 806. The monoisotopic (exact) mass is 377 g/mol. The highest BCUT2D eigenvalue weighted by atomic mass is 16.2. The maximum absolute atomic E-state index is 12.6. The first kappa shape index (κ1) is 18.7. The van der Waals surface area contributed by atoms with Crippen LogP contribution < -0.4 is 5.32 Å². The summed E-state index contributed by atoms with van der Waals surface area (Å²) in [6.45, 7) is 1.50. The largest absolute Gasteiger partial charge is 0.349 e. The van der Waals surface area contributed by atoms with Gasteiger partial charge in [0.2, 0.25) is 5.91 Å². The molecule has 0 spiro atoms. The molecule has 2 amide bonds. The fourth-order valence-electron chi connectivity index (χ4n) is 4.27. The van der Waals surface area contributed by atoms with Crippen LogP contribution in [-0.4, -0.2) is 40.8 Å². The van der Waals surface area contributed by atoms with E-state index in [4.69, 9.17) is 0 Å². The molecule has 1 aliphatic carbocycles. The minimum absolute atomic E-state index is 0.0480. The van der Waals surface area contributed by atoms with Crippen LogP contribution in [0.2, 0.25) is 0 Å². The van der Waals surface area contributed by atoms with Crippen LogP contribution in [-0.2, 0) is 4.79 Å². The third-order valence-electron chi connectivity index (χ3n) is 5.95. The summed E-state index contributed by atoms with van der Waals surface area (Å²) in [6.07, 6.45) is 7.88. The van der Waals surface area contributed by atoms with Crippen LogP contribution in [0.3, 0.4) is 0 Å². The molecule has 1 aromatic heterocycles. The van der Waals surface area contributed by atoms with E-state index >= 15 is 0 Å². The smallest absolute Gasteiger partial charge is 0.251 e. The molecule has 1 saturated heterocycles. The van der Waals surface area contributed by atoms with Crippen molar-refractivity contribution in [3.63, 3.8) is 0 Å². The quantitative estimate of drug-likeness (QED) is 0.884. The Hall–Kier alpha value is -2.69. The van der Waals surface area contributed by atoms with E-state index in [9.17, 15) is 9.59 Å². The van der Waals surface area contributed by atoms with Gasteiger partial charge in [-0.3, -0.25) is 14.6 Å². The van der Waals surface area contributed by atoms with E-state index in [1.165, 1.54) is 12.8 Å². The molecule has 5 heteroatoms. The van der Waals surface area contributed by atoms with Crippen LogP contribution in [0, 0.1) is 5.92 Å². The van der Waals surface area contributed by atoms with Gasteiger partial charge in [-0.25, -0.2) is 0 Å². The lowest BCUT2D eigenvalue weighted by Gasteiger charge is -2.34. The molecular formula is C23H27N3O2. The number of nitrogens with zero attached hydrogens (tertiary/aromatic N) is 2. The lowest BCUT2D eigenvalue weighted by molar-refractivity contribution is -0.136. The summed E-state index contributed by atoms with van der Waals surface area (Å²) in [5, 5.41) is 3.13. The molecule has 5 nitrogen and oxygen atoms in total. The predicted molar refractivity (Wildman–Crippen MR) is 109 cm³/mol. The van der Waals surface area contributed by atoms with Gasteiger partial charge in [0, 0.05) is 42.4 Å². The van der Waals surface area contributed by atoms with Gasteiger partial charge in [0.25, 0.3) is 5.91 Å². The Morgan fingerprint density at radius 3 is 2.29 bits per heavy atom. The first-order valence-electron chi connectivity index (χ1n) is 10.3. The van der Waals surface area contributed by atoms with E-state index in [-0.39, 0.29) is 17.9 Å². The molecule has 1 saturated carbocycles. The molecule has 0 atom stereocenters. The van der Waals surface area contributed by atoms with Gasteiger partial charge in [-0.1, -0.05) is 31.0 Å². The van der Waals surface area contributed by atoms with Crippen molar-refractivity contribution >= 4 is 11.8 Å². The van der Waals surface area contributed by atoms with E-state index in [1.807, 2.05) is 47.4 Å². The standard InChI is InChI=1S/C23H27N3O2/c27-22(18-10-8-17(9-11-18)21-7-3-4-14-24-21)25-20-12-15-26(16-13-20)23(28)19-5-1-2-6-19/h3-4,7-11,14,19-20H,1-2,5-6,12-13,15-16H2,(H,25,27). The average Bonchev–Trinajstić information content (AvgIpc) is 3.29. The maximum Gasteiger partial charge on any atom is 0.251 e. The lowest BCUT2D eigenvalue weighted by atomic mass is 10.0. The van der Waals surface area contributed by atoms with Gasteiger partial charge in [0.05, 0.1) is 5.69 Å². The number of carbonyl (C=O) groups excluding carboxylic acids is 2. The van der Waals surface area contributed by atoms with E-state index in [0.717, 1.165) is 50.0 Å². The molecular weight excluding hydrogens is 350 g/mol. The summed E-state index contributed by atoms with van der Waals surface area (Å²) >= 11 is 0. The molecule has 146 valence electrons. The topological polar surface area (TPSA) is 62.3 Å². The van der Waals surface area contributed by atoms with Crippen molar-refractivity contribution < 1.29 is 9.59 Å². The summed E-state index contributed by atoms with van der Waals surface area (Å²) in [7, 11) is 0. The van der Waals surface area contributed by atoms with Crippen molar-refractivity contribution in [3.8, 4) is 11.3 Å². The fraction of sp³-hybridized carbons (Fsp3) is 0.435. The third kappa shape index (κ3) is 4.24. The van der Waals surface area contributed by atoms with E-state index in [0.29, 0.717) is 11.5 Å². The summed E-state index contributed by atoms with van der Waals surface area (Å²) < 4.78 is 0. The molecule has 2 aromatic rings. The molecule has 0 radical (unpaired) electrons. The van der Waals surface area contributed by atoms with Crippen LogP contribution in [0.1, 0.15) is 48.9 Å². The van der Waals surface area contributed by atoms with Gasteiger partial charge in [0.15, 0.2) is 0 Å². The van der Waals surface area contributed by atoms with Gasteiger partial charge in [-0.2, -0.15) is 0 Å². The van der Waals surface area contributed by atoms with E-state index in [2.05, 4.69) is 10.3 Å². The maximum atomic E-state index is 12.6. The number of hydrogen-bond donors (Lipinski definition) is 1. The lowest BCUT2D eigenvalue weighted by Crippen LogP contribution is -2.47. The minimum Gasteiger partial charge on any atom is -0.349 e. The highest BCUT2D eigenvalue weighted by Crippen LogP contribution is 2.27. The normalized spacial score (nSPS) is 18.2. The Kier molecular flexibility index (Phi) is 5.70. The second-order valence-corrected chi connectivity index (χ2v) is 7.85. The molecule has 0 unspecified atom stereocenters. The molecule has 2 fully saturated rings. The number of amides is 2. The van der Waals surface area contributed by atoms with Crippen molar-refractivity contribution in [2.45, 2.75) is 44.6 Å². The zero-order valence-corrected chi connectivity index (χ0v) is 16.1. The van der Waals surface area contributed by atoms with Gasteiger partial charge in [-0.05, 0) is 49.9 Å². The van der Waals surface area contributed by atoms with Crippen LogP contribution in [0.5, 0.6) is 0 Å². The number of aromatic nitrogens is 1. The molecule has 0 bridgehead atoms. The number of carbonyl (C=O) groups is 2. The third-order valence-corrected chi connectivity index (χ3v) is 5.95. The van der Waals surface area contributed by atoms with E-state index in [1.54, 1.807) is 6.20 Å². The number of rotatable bonds is 4. The fourth-order valence-corrected chi connectivity index (χ4v) is 4.27. The van der Waals surface area contributed by atoms with E-state index < -0.39 is 0 Å². The Morgan fingerprint density at radius 2 is 1.64 bits per heavy atom. The highest BCUT2D eigenvalue weighted by Gasteiger charge is 2.30. The molecule has 1 N–H and O–H groups in total. The van der Waals surface area contributed by atoms with Crippen molar-refractivity contribution in [2.24, 2.45) is 5.92 Å². The highest BCUT2D eigenvalue weighted by molar-refractivity contribution is 5.94. The first-order valence-corrected chi connectivity index (χ1v) is 10.3. The first-order chi connectivity index (χ1) is 13.7. The van der Waals surface area contributed by atoms with Gasteiger partial charge in [0.1, 0.15) is 0 Å². The van der Waals surface area contributed by atoms with Crippen LogP contribution >= 0.6 is 0 Å². The summed E-state index contributed by atoms with van der Waals surface area (Å²) in [6, 6.07) is 13.5. The number of hydrogen-bond acceptors (Lipinski definition) is 3. The summed E-state index contributed by atoms with van der Waals surface area (Å²) in [5.74, 6) is 0.518. The molecule has 1 aliphatic heterocycles. The number of benzene rings is 1. The number of pyridine rings is 1. The number of likely N-dealkylation sites (tertiary alicyclic amines) is 1. The Balaban J connectivity index is 1.29. The predicted octanol–water partition coefficient (Wildman–Crippen LogP) is 3.66. The number of piperidine rings is 1. The van der Waals surface area contributed by atoms with Crippen molar-refractivity contribution in [1.29, 1.82) is 0 Å². The Labute approximate surface area is 166 Å². The van der Waals surface area contributed by atoms with Crippen molar-refractivity contribution in [2.75, 3.05) is 13.1 Å². The zero-order chi connectivity index (χ0) is 19.3. The zero-order valence-electron chi connectivity index (χ0n) is 16.1. The van der Waals surface area contributed by atoms with Crippen molar-refractivity contribution in [1.82, 2.24) is 15.2 Å². The molecule has 2 aliphatic rings.